The van der Waals surface area contributed by atoms with Crippen LogP contribution in [0.2, 0.25) is 0 Å². The van der Waals surface area contributed by atoms with Gasteiger partial charge in [-0.15, -0.1) is 0 Å². The van der Waals surface area contributed by atoms with Crippen molar-refractivity contribution in [2.45, 2.75) is 39.5 Å². The number of carbonyl (C=O) groups excluding carboxylic acids is 1. The Hall–Kier alpha value is -4.17. The van der Waals surface area contributed by atoms with Gasteiger partial charge in [-0.1, -0.05) is 68.4 Å². The van der Waals surface area contributed by atoms with E-state index in [1.165, 1.54) is 22.3 Å². The first kappa shape index (κ1) is 27.4. The fourth-order valence-electron chi connectivity index (χ4n) is 4.41. The summed E-state index contributed by atoms with van der Waals surface area (Å²) < 4.78 is 11.9. The summed E-state index contributed by atoms with van der Waals surface area (Å²) in [5, 5.41) is 15.8. The van der Waals surface area contributed by atoms with Crippen molar-refractivity contribution in [3.63, 3.8) is 0 Å². The third-order valence-electron chi connectivity index (χ3n) is 6.90. The third kappa shape index (κ3) is 6.02. The molecule has 0 unspecified atom stereocenters. The molecule has 1 amide bonds. The van der Waals surface area contributed by atoms with Crippen molar-refractivity contribution < 1.29 is 14.3 Å². The van der Waals surface area contributed by atoms with E-state index in [9.17, 15) is 4.79 Å². The minimum atomic E-state index is -0.444. The van der Waals surface area contributed by atoms with Gasteiger partial charge in [-0.05, 0) is 72.0 Å². The second-order valence-electron chi connectivity index (χ2n) is 9.71. The normalized spacial score (nSPS) is 16.5. The first-order valence-electron chi connectivity index (χ1n) is 13.5. The molecule has 3 aromatic carbocycles. The largest absolute Gasteiger partial charge is 0.493 e. The minimum absolute atomic E-state index is 0.0151. The number of amidine groups is 2. The number of fused-ring (bicyclic) bond motifs is 1. The van der Waals surface area contributed by atoms with E-state index < -0.39 is 5.91 Å². The highest BCUT2D eigenvalue weighted by atomic mass is 32.2. The van der Waals surface area contributed by atoms with Gasteiger partial charge in [-0.25, -0.2) is 0 Å². The molecule has 2 heterocycles. The molecule has 40 heavy (non-hydrogen) atoms. The fraction of sp³-hybridized carbons (Fsp3) is 0.250. The van der Waals surface area contributed by atoms with E-state index >= 15 is 0 Å². The molecule has 0 aliphatic carbocycles. The van der Waals surface area contributed by atoms with Gasteiger partial charge in [0.25, 0.3) is 5.91 Å². The Balaban J connectivity index is 1.17. The predicted octanol–water partition coefficient (Wildman–Crippen LogP) is 7.02. The standard InChI is InChI=1S/C32H32N4O3S/c1-4-21(2)25-11-7-8-13-28(25)39-19-9-18-38-24-16-14-23(15-17-24)20-27-29(33)36-32(34-30(27)37)40-31(35-36)26-12-6-5-10-22(26)3/h5-8,10-17,20-21,33H,4,9,18-19H2,1-3H3/b27-20-,33-29?/t21-/m0/s1. The Bertz CT molecular complexity index is 1510. The highest BCUT2D eigenvalue weighted by Crippen LogP contribution is 2.32. The van der Waals surface area contributed by atoms with Gasteiger partial charge < -0.3 is 9.47 Å². The lowest BCUT2D eigenvalue weighted by Gasteiger charge is -2.20. The third-order valence-corrected chi connectivity index (χ3v) is 7.84. The zero-order valence-corrected chi connectivity index (χ0v) is 23.7. The minimum Gasteiger partial charge on any atom is -0.493 e. The van der Waals surface area contributed by atoms with E-state index in [2.05, 4.69) is 36.1 Å². The van der Waals surface area contributed by atoms with E-state index in [0.29, 0.717) is 24.3 Å². The second kappa shape index (κ2) is 12.3. The molecule has 2 aliphatic rings. The van der Waals surface area contributed by atoms with Crippen LogP contribution in [0.4, 0.5) is 0 Å². The predicted molar refractivity (Wildman–Crippen MR) is 162 cm³/mol. The Labute approximate surface area is 239 Å². The molecule has 3 aromatic rings. The fourth-order valence-corrected chi connectivity index (χ4v) is 5.39. The number of benzene rings is 3. The van der Waals surface area contributed by atoms with Gasteiger partial charge in [-0.3, -0.25) is 10.2 Å². The second-order valence-corrected chi connectivity index (χ2v) is 10.7. The number of rotatable bonds is 10. The summed E-state index contributed by atoms with van der Waals surface area (Å²) in [6.45, 7) is 7.51. The lowest BCUT2D eigenvalue weighted by atomic mass is 9.98. The molecule has 0 saturated carbocycles. The molecule has 0 radical (unpaired) electrons. The number of hydrazone groups is 1. The Morgan fingerprint density at radius 3 is 2.50 bits per heavy atom. The average molecular weight is 553 g/mol. The Morgan fingerprint density at radius 1 is 1.00 bits per heavy atom. The maximum atomic E-state index is 12.8. The van der Waals surface area contributed by atoms with Crippen LogP contribution < -0.4 is 9.47 Å². The quantitative estimate of drug-likeness (QED) is 0.216. The molecule has 1 atom stereocenters. The summed E-state index contributed by atoms with van der Waals surface area (Å²) in [5.41, 5.74) is 4.25. The summed E-state index contributed by atoms with van der Waals surface area (Å²) >= 11 is 1.30. The molecule has 7 nitrogen and oxygen atoms in total. The van der Waals surface area contributed by atoms with Crippen LogP contribution in [0.3, 0.4) is 0 Å². The number of thioether (sulfide) groups is 1. The van der Waals surface area contributed by atoms with Crippen molar-refractivity contribution in [3.8, 4) is 11.5 Å². The van der Waals surface area contributed by atoms with Crippen LogP contribution in [-0.2, 0) is 4.79 Å². The van der Waals surface area contributed by atoms with Gasteiger partial charge in [0.1, 0.15) is 16.5 Å². The zero-order chi connectivity index (χ0) is 28.1. The van der Waals surface area contributed by atoms with Crippen molar-refractivity contribution >= 4 is 39.8 Å². The number of nitrogens with zero attached hydrogens (tertiary/aromatic N) is 3. The van der Waals surface area contributed by atoms with Crippen LogP contribution in [-0.4, -0.2) is 40.2 Å². The summed E-state index contributed by atoms with van der Waals surface area (Å²) in [5.74, 6) is 1.70. The molecule has 0 spiro atoms. The maximum Gasteiger partial charge on any atom is 0.283 e. The van der Waals surface area contributed by atoms with Crippen LogP contribution in [0.5, 0.6) is 11.5 Å². The summed E-state index contributed by atoms with van der Waals surface area (Å²) in [6, 6.07) is 23.6. The van der Waals surface area contributed by atoms with Gasteiger partial charge in [-0.2, -0.15) is 15.1 Å². The molecule has 5 rings (SSSR count). The van der Waals surface area contributed by atoms with Gasteiger partial charge in [0, 0.05) is 12.0 Å². The number of hydrogen-bond acceptors (Lipinski definition) is 6. The van der Waals surface area contributed by atoms with Crippen LogP contribution in [0.1, 0.15) is 54.9 Å². The number of nitrogens with one attached hydrogen (secondary N) is 1. The van der Waals surface area contributed by atoms with Crippen molar-refractivity contribution in [1.29, 1.82) is 5.41 Å². The van der Waals surface area contributed by atoms with E-state index in [-0.39, 0.29) is 11.4 Å². The maximum absolute atomic E-state index is 12.8. The summed E-state index contributed by atoms with van der Waals surface area (Å²) in [4.78, 5) is 17.0. The van der Waals surface area contributed by atoms with E-state index in [4.69, 9.17) is 14.9 Å². The molecule has 0 fully saturated rings. The van der Waals surface area contributed by atoms with Crippen molar-refractivity contribution in [2.75, 3.05) is 13.2 Å². The molecule has 2 aliphatic heterocycles. The highest BCUT2D eigenvalue weighted by Gasteiger charge is 2.36. The smallest absolute Gasteiger partial charge is 0.283 e. The van der Waals surface area contributed by atoms with E-state index in [1.54, 1.807) is 6.08 Å². The van der Waals surface area contributed by atoms with E-state index in [1.807, 2.05) is 67.6 Å². The summed E-state index contributed by atoms with van der Waals surface area (Å²) in [7, 11) is 0. The monoisotopic (exact) mass is 552 g/mol. The number of aliphatic imine (C=N–C) groups is 1. The number of aryl methyl sites for hydroxylation is 1. The summed E-state index contributed by atoms with van der Waals surface area (Å²) in [6.07, 6.45) is 3.49. The molecule has 8 heteroatoms. The molecular weight excluding hydrogens is 520 g/mol. The molecule has 0 aromatic heterocycles. The zero-order valence-electron chi connectivity index (χ0n) is 22.9. The van der Waals surface area contributed by atoms with Crippen molar-refractivity contribution in [1.82, 2.24) is 5.01 Å². The van der Waals surface area contributed by atoms with Crippen LogP contribution >= 0.6 is 11.8 Å². The SMILES string of the molecule is CC[C@H](C)c1ccccc1OCCCOc1ccc(/C=C2/C(=N)N3N=C(c4ccccc4C)SC3=NC2=O)cc1. The number of ether oxygens (including phenoxy) is 2. The Kier molecular flexibility index (Phi) is 8.45. The Morgan fingerprint density at radius 2 is 1.73 bits per heavy atom. The van der Waals surface area contributed by atoms with Crippen LogP contribution in [0, 0.1) is 12.3 Å². The van der Waals surface area contributed by atoms with Crippen molar-refractivity contribution in [3.05, 3.63) is 101 Å². The molecule has 1 N–H and O–H groups in total. The van der Waals surface area contributed by atoms with Crippen LogP contribution in [0.25, 0.3) is 6.08 Å². The lowest BCUT2D eigenvalue weighted by molar-refractivity contribution is -0.114. The van der Waals surface area contributed by atoms with Crippen molar-refractivity contribution in [2.24, 2.45) is 10.1 Å². The first-order valence-corrected chi connectivity index (χ1v) is 14.3. The molecule has 204 valence electrons. The number of carbonyl (C=O) groups is 1. The van der Waals surface area contributed by atoms with Gasteiger partial charge in [0.15, 0.2) is 5.84 Å². The molecular formula is C32H32N4O3S. The number of para-hydroxylation sites is 1. The van der Waals surface area contributed by atoms with Gasteiger partial charge in [0.05, 0.1) is 18.8 Å². The van der Waals surface area contributed by atoms with Crippen LogP contribution in [0.15, 0.2) is 88.5 Å². The first-order chi connectivity index (χ1) is 19.4. The average Bonchev–Trinajstić information content (AvgIpc) is 3.39. The van der Waals surface area contributed by atoms with E-state index in [0.717, 1.165) is 46.1 Å². The molecule has 0 bridgehead atoms. The van der Waals surface area contributed by atoms with Gasteiger partial charge in [0.2, 0.25) is 5.17 Å². The number of amides is 1. The van der Waals surface area contributed by atoms with Gasteiger partial charge >= 0.3 is 0 Å². The highest BCUT2D eigenvalue weighted by molar-refractivity contribution is 8.27. The topological polar surface area (TPSA) is 87.3 Å². The molecule has 0 saturated heterocycles. The lowest BCUT2D eigenvalue weighted by Crippen LogP contribution is -2.35. The number of hydrogen-bond donors (Lipinski definition) is 1.